The van der Waals surface area contributed by atoms with E-state index >= 15 is 0 Å². The van der Waals surface area contributed by atoms with E-state index in [-0.39, 0.29) is 0 Å². The summed E-state index contributed by atoms with van der Waals surface area (Å²) in [5, 5.41) is 11.2. The van der Waals surface area contributed by atoms with Gasteiger partial charge in [-0.1, -0.05) is 6.92 Å². The fourth-order valence-electron chi connectivity index (χ4n) is 0.876. The Labute approximate surface area is 54.9 Å². The van der Waals surface area contributed by atoms with E-state index in [2.05, 4.69) is 22.4 Å². The molecule has 9 heavy (non-hydrogen) atoms. The molecule has 1 unspecified atom stereocenters. The van der Waals surface area contributed by atoms with Crippen LogP contribution in [0.25, 0.3) is 0 Å². The van der Waals surface area contributed by atoms with Gasteiger partial charge >= 0.3 is 0 Å². The summed E-state index contributed by atoms with van der Waals surface area (Å²) >= 11 is 0. The molecule has 0 fully saturated rings. The molecule has 50 valence electrons. The summed E-state index contributed by atoms with van der Waals surface area (Å²) in [4.78, 5) is 0. The predicted molar refractivity (Wildman–Crippen MR) is 36.6 cm³/mol. The Morgan fingerprint density at radius 2 is 2.44 bits per heavy atom. The lowest BCUT2D eigenvalue weighted by Gasteiger charge is -2.11. The van der Waals surface area contributed by atoms with Crippen molar-refractivity contribution < 1.29 is 0 Å². The first-order chi connectivity index (χ1) is 4.34. The molecule has 0 N–H and O–H groups in total. The maximum Gasteiger partial charge on any atom is 0.0702 e. The summed E-state index contributed by atoms with van der Waals surface area (Å²) < 4.78 is 0. The Bertz CT molecular complexity index is 148. The largest absolute Gasteiger partial charge is 0.168 e. The van der Waals surface area contributed by atoms with E-state index < -0.39 is 0 Å². The zero-order valence-electron chi connectivity index (χ0n) is 5.83. The molecule has 1 rings (SSSR count). The van der Waals surface area contributed by atoms with E-state index in [1.807, 2.05) is 6.92 Å². The van der Waals surface area contributed by atoms with Crippen LogP contribution < -0.4 is 0 Å². The minimum Gasteiger partial charge on any atom is -0.168 e. The molecule has 0 spiro atoms. The monoisotopic (exact) mass is 125 g/mol. The molecule has 0 aromatic heterocycles. The van der Waals surface area contributed by atoms with Crippen molar-refractivity contribution in [3.05, 3.63) is 0 Å². The molecular formula is C6H11N3. The highest BCUT2D eigenvalue weighted by molar-refractivity contribution is 5.84. The fourth-order valence-corrected chi connectivity index (χ4v) is 0.876. The molecule has 0 saturated carbocycles. The summed E-state index contributed by atoms with van der Waals surface area (Å²) in [6.07, 6.45) is 1.12. The van der Waals surface area contributed by atoms with Crippen LogP contribution in [0.2, 0.25) is 0 Å². The maximum atomic E-state index is 3.86. The third kappa shape index (κ3) is 1.34. The van der Waals surface area contributed by atoms with Crippen LogP contribution >= 0.6 is 0 Å². The molecule has 0 amide bonds. The van der Waals surface area contributed by atoms with E-state index in [0.29, 0.717) is 5.92 Å². The number of nitrogens with zero attached hydrogens (tertiary/aromatic N) is 3. The normalized spacial score (nSPS) is 26.0. The fraction of sp³-hybridized carbons (Fsp3) is 0.833. The van der Waals surface area contributed by atoms with E-state index in [0.717, 1.165) is 18.7 Å². The number of rotatable bonds is 1. The SMILES string of the molecule is CCC1CN=NN=C1C. The molecule has 1 atom stereocenters. The van der Waals surface area contributed by atoms with Gasteiger partial charge in [-0.3, -0.25) is 0 Å². The van der Waals surface area contributed by atoms with Crippen molar-refractivity contribution in [3.63, 3.8) is 0 Å². The third-order valence-corrected chi connectivity index (χ3v) is 1.65. The molecule has 0 saturated heterocycles. The molecule has 0 bridgehead atoms. The first-order valence-corrected chi connectivity index (χ1v) is 3.25. The van der Waals surface area contributed by atoms with Crippen molar-refractivity contribution in [1.29, 1.82) is 0 Å². The average Bonchev–Trinajstić information content (AvgIpc) is 1.89. The molecule has 1 aliphatic heterocycles. The van der Waals surface area contributed by atoms with Crippen LogP contribution in [0.4, 0.5) is 0 Å². The Hall–Kier alpha value is -0.730. The second-order valence-electron chi connectivity index (χ2n) is 2.26. The van der Waals surface area contributed by atoms with Gasteiger partial charge in [0, 0.05) is 11.6 Å². The molecule has 0 radical (unpaired) electrons. The van der Waals surface area contributed by atoms with Crippen molar-refractivity contribution in [2.75, 3.05) is 6.54 Å². The summed E-state index contributed by atoms with van der Waals surface area (Å²) in [6, 6.07) is 0. The van der Waals surface area contributed by atoms with Crippen LogP contribution in [-0.2, 0) is 0 Å². The van der Waals surface area contributed by atoms with Gasteiger partial charge < -0.3 is 0 Å². The van der Waals surface area contributed by atoms with E-state index in [1.165, 1.54) is 0 Å². The van der Waals surface area contributed by atoms with Crippen LogP contribution in [0.15, 0.2) is 15.4 Å². The first kappa shape index (κ1) is 6.39. The highest BCUT2D eigenvalue weighted by Crippen LogP contribution is 2.10. The molecule has 1 heterocycles. The van der Waals surface area contributed by atoms with Crippen molar-refractivity contribution in [3.8, 4) is 0 Å². The predicted octanol–water partition coefficient (Wildman–Crippen LogP) is 1.85. The molecular weight excluding hydrogens is 114 g/mol. The molecule has 0 aliphatic carbocycles. The Kier molecular flexibility index (Phi) is 1.92. The van der Waals surface area contributed by atoms with Crippen LogP contribution in [0, 0.1) is 5.92 Å². The van der Waals surface area contributed by atoms with Gasteiger partial charge in [-0.25, -0.2) is 0 Å². The minimum absolute atomic E-state index is 0.544. The van der Waals surface area contributed by atoms with E-state index in [9.17, 15) is 0 Å². The van der Waals surface area contributed by atoms with Gasteiger partial charge in [0.25, 0.3) is 0 Å². The summed E-state index contributed by atoms with van der Waals surface area (Å²) in [5.74, 6) is 0.544. The van der Waals surface area contributed by atoms with Gasteiger partial charge in [0.05, 0.1) is 6.54 Å². The van der Waals surface area contributed by atoms with Crippen molar-refractivity contribution in [2.24, 2.45) is 21.4 Å². The van der Waals surface area contributed by atoms with Crippen molar-refractivity contribution in [2.45, 2.75) is 20.3 Å². The third-order valence-electron chi connectivity index (χ3n) is 1.65. The lowest BCUT2D eigenvalue weighted by molar-refractivity contribution is 0.624. The zero-order valence-corrected chi connectivity index (χ0v) is 5.83. The van der Waals surface area contributed by atoms with Gasteiger partial charge in [0.2, 0.25) is 0 Å². The second-order valence-corrected chi connectivity index (χ2v) is 2.26. The summed E-state index contributed by atoms with van der Waals surface area (Å²) in [7, 11) is 0. The Morgan fingerprint density at radius 1 is 1.67 bits per heavy atom. The van der Waals surface area contributed by atoms with Crippen LogP contribution in [0.3, 0.4) is 0 Å². The molecule has 1 aliphatic rings. The average molecular weight is 125 g/mol. The van der Waals surface area contributed by atoms with Crippen LogP contribution in [0.1, 0.15) is 20.3 Å². The summed E-state index contributed by atoms with van der Waals surface area (Å²) in [5.41, 5.74) is 1.12. The highest BCUT2D eigenvalue weighted by atomic mass is 15.4. The highest BCUT2D eigenvalue weighted by Gasteiger charge is 2.11. The minimum atomic E-state index is 0.544. The molecule has 0 aromatic carbocycles. The Balaban J connectivity index is 2.59. The van der Waals surface area contributed by atoms with Crippen LogP contribution in [0.5, 0.6) is 0 Å². The van der Waals surface area contributed by atoms with E-state index in [1.54, 1.807) is 0 Å². The number of hydrogen-bond donors (Lipinski definition) is 0. The molecule has 3 heteroatoms. The standard InChI is InChI=1S/C6H11N3/c1-3-6-4-7-9-8-5(6)2/h6H,3-4H2,1-2H3. The van der Waals surface area contributed by atoms with Gasteiger partial charge in [0.1, 0.15) is 0 Å². The lowest BCUT2D eigenvalue weighted by atomic mass is 10.0. The zero-order chi connectivity index (χ0) is 6.69. The molecule has 3 nitrogen and oxygen atoms in total. The van der Waals surface area contributed by atoms with Gasteiger partial charge in [-0.2, -0.15) is 5.11 Å². The topological polar surface area (TPSA) is 37.1 Å². The maximum absolute atomic E-state index is 3.86. The second kappa shape index (κ2) is 2.71. The number of hydrogen-bond acceptors (Lipinski definition) is 3. The van der Waals surface area contributed by atoms with Gasteiger partial charge in [-0.05, 0) is 18.6 Å². The lowest BCUT2D eigenvalue weighted by Crippen LogP contribution is -2.15. The Morgan fingerprint density at radius 3 is 2.89 bits per heavy atom. The van der Waals surface area contributed by atoms with Gasteiger partial charge in [0.15, 0.2) is 0 Å². The summed E-state index contributed by atoms with van der Waals surface area (Å²) in [6.45, 7) is 4.97. The first-order valence-electron chi connectivity index (χ1n) is 3.25. The van der Waals surface area contributed by atoms with Crippen molar-refractivity contribution in [1.82, 2.24) is 0 Å². The van der Waals surface area contributed by atoms with Crippen molar-refractivity contribution >= 4 is 5.71 Å². The van der Waals surface area contributed by atoms with Gasteiger partial charge in [-0.15, -0.1) is 5.10 Å². The quantitative estimate of drug-likeness (QED) is 0.513. The van der Waals surface area contributed by atoms with E-state index in [4.69, 9.17) is 0 Å². The van der Waals surface area contributed by atoms with Crippen LogP contribution in [-0.4, -0.2) is 12.3 Å². The molecule has 0 aromatic rings. The smallest absolute Gasteiger partial charge is 0.0702 e.